The van der Waals surface area contributed by atoms with Crippen LogP contribution in [-0.4, -0.2) is 26.9 Å². The SMILES string of the molecule is COc1cc(C(CCc2cnn(C)c2)NN)ncn1. The highest BCUT2D eigenvalue weighted by Gasteiger charge is 2.13. The molecule has 7 nitrogen and oxygen atoms in total. The molecule has 1 unspecified atom stereocenters. The van der Waals surface area contributed by atoms with Crippen molar-refractivity contribution in [3.8, 4) is 5.88 Å². The summed E-state index contributed by atoms with van der Waals surface area (Å²) >= 11 is 0. The zero-order valence-corrected chi connectivity index (χ0v) is 11.1. The van der Waals surface area contributed by atoms with Crippen LogP contribution in [0, 0.1) is 0 Å². The van der Waals surface area contributed by atoms with Crippen molar-refractivity contribution in [2.24, 2.45) is 12.9 Å². The molecular weight excluding hydrogens is 244 g/mol. The molecule has 0 saturated heterocycles. The number of nitrogens with zero attached hydrogens (tertiary/aromatic N) is 4. The lowest BCUT2D eigenvalue weighted by atomic mass is 10.1. The molecule has 2 heterocycles. The van der Waals surface area contributed by atoms with Crippen molar-refractivity contribution in [2.75, 3.05) is 7.11 Å². The monoisotopic (exact) mass is 262 g/mol. The van der Waals surface area contributed by atoms with E-state index >= 15 is 0 Å². The van der Waals surface area contributed by atoms with Gasteiger partial charge in [0.25, 0.3) is 0 Å². The van der Waals surface area contributed by atoms with Crippen LogP contribution in [-0.2, 0) is 13.5 Å². The summed E-state index contributed by atoms with van der Waals surface area (Å²) in [4.78, 5) is 8.20. The van der Waals surface area contributed by atoms with Crippen molar-refractivity contribution in [3.63, 3.8) is 0 Å². The van der Waals surface area contributed by atoms with Gasteiger partial charge in [0.1, 0.15) is 6.33 Å². The van der Waals surface area contributed by atoms with E-state index in [2.05, 4.69) is 20.5 Å². The maximum atomic E-state index is 5.59. The first-order valence-corrected chi connectivity index (χ1v) is 6.02. The van der Waals surface area contributed by atoms with Crippen molar-refractivity contribution in [1.29, 1.82) is 0 Å². The lowest BCUT2D eigenvalue weighted by Crippen LogP contribution is -2.29. The Labute approximate surface area is 111 Å². The molecule has 0 radical (unpaired) electrons. The fourth-order valence-corrected chi connectivity index (χ4v) is 1.88. The van der Waals surface area contributed by atoms with E-state index in [1.54, 1.807) is 17.9 Å². The van der Waals surface area contributed by atoms with Crippen LogP contribution in [0.25, 0.3) is 0 Å². The smallest absolute Gasteiger partial charge is 0.216 e. The van der Waals surface area contributed by atoms with E-state index in [-0.39, 0.29) is 6.04 Å². The number of ether oxygens (including phenoxy) is 1. The van der Waals surface area contributed by atoms with E-state index in [1.807, 2.05) is 19.4 Å². The van der Waals surface area contributed by atoms with Crippen molar-refractivity contribution >= 4 is 0 Å². The predicted octanol–water partition coefficient (Wildman–Crippen LogP) is 0.356. The Kier molecular flexibility index (Phi) is 4.43. The molecule has 19 heavy (non-hydrogen) atoms. The van der Waals surface area contributed by atoms with Gasteiger partial charge in [0.15, 0.2) is 0 Å². The Bertz CT molecular complexity index is 526. The Morgan fingerprint density at radius 1 is 1.47 bits per heavy atom. The molecule has 102 valence electrons. The first kappa shape index (κ1) is 13.4. The van der Waals surface area contributed by atoms with Gasteiger partial charge in [-0.1, -0.05) is 0 Å². The molecule has 0 aliphatic rings. The van der Waals surface area contributed by atoms with Crippen LogP contribution < -0.4 is 16.0 Å². The number of hydrogen-bond donors (Lipinski definition) is 2. The normalized spacial score (nSPS) is 12.4. The molecule has 3 N–H and O–H groups in total. The van der Waals surface area contributed by atoms with E-state index in [4.69, 9.17) is 10.6 Å². The minimum absolute atomic E-state index is 0.0443. The molecular formula is C12H18N6O. The second-order valence-electron chi connectivity index (χ2n) is 4.27. The van der Waals surface area contributed by atoms with Crippen LogP contribution in [0.1, 0.15) is 23.7 Å². The largest absolute Gasteiger partial charge is 0.481 e. The van der Waals surface area contributed by atoms with E-state index in [9.17, 15) is 0 Å². The summed E-state index contributed by atoms with van der Waals surface area (Å²) in [5.74, 6) is 6.13. The molecule has 0 bridgehead atoms. The number of methoxy groups -OCH3 is 1. The number of nitrogens with two attached hydrogens (primary N) is 1. The Morgan fingerprint density at radius 3 is 2.95 bits per heavy atom. The van der Waals surface area contributed by atoms with Gasteiger partial charge in [0.05, 0.1) is 25.0 Å². The van der Waals surface area contributed by atoms with Crippen LogP contribution in [0.3, 0.4) is 0 Å². The zero-order valence-electron chi connectivity index (χ0n) is 11.1. The van der Waals surface area contributed by atoms with Crippen molar-refractivity contribution in [3.05, 3.63) is 36.0 Å². The third-order valence-corrected chi connectivity index (χ3v) is 2.91. The van der Waals surface area contributed by atoms with Gasteiger partial charge < -0.3 is 4.74 Å². The molecule has 0 aliphatic heterocycles. The topological polar surface area (TPSA) is 90.9 Å². The zero-order chi connectivity index (χ0) is 13.7. The van der Waals surface area contributed by atoms with Gasteiger partial charge in [0.2, 0.25) is 5.88 Å². The van der Waals surface area contributed by atoms with Crippen LogP contribution in [0.4, 0.5) is 0 Å². The van der Waals surface area contributed by atoms with Crippen molar-refractivity contribution in [1.82, 2.24) is 25.2 Å². The van der Waals surface area contributed by atoms with Gasteiger partial charge in [-0.3, -0.25) is 16.0 Å². The van der Waals surface area contributed by atoms with Gasteiger partial charge in [-0.15, -0.1) is 0 Å². The minimum Gasteiger partial charge on any atom is -0.481 e. The molecule has 2 aromatic heterocycles. The van der Waals surface area contributed by atoms with Gasteiger partial charge in [-0.05, 0) is 18.4 Å². The summed E-state index contributed by atoms with van der Waals surface area (Å²) < 4.78 is 6.87. The first-order chi connectivity index (χ1) is 9.22. The number of aryl methyl sites for hydroxylation is 2. The molecule has 7 heteroatoms. The molecule has 2 rings (SSSR count). The van der Waals surface area contributed by atoms with Gasteiger partial charge in [-0.25, -0.2) is 9.97 Å². The predicted molar refractivity (Wildman–Crippen MR) is 70.2 cm³/mol. The molecule has 0 amide bonds. The van der Waals surface area contributed by atoms with Gasteiger partial charge in [-0.2, -0.15) is 5.10 Å². The summed E-state index contributed by atoms with van der Waals surface area (Å²) in [6.45, 7) is 0. The van der Waals surface area contributed by atoms with E-state index in [0.717, 1.165) is 18.5 Å². The molecule has 0 aliphatic carbocycles. The van der Waals surface area contributed by atoms with Crippen LogP contribution in [0.5, 0.6) is 5.88 Å². The molecule has 1 atom stereocenters. The average molecular weight is 262 g/mol. The van der Waals surface area contributed by atoms with Crippen LogP contribution in [0.2, 0.25) is 0 Å². The highest BCUT2D eigenvalue weighted by molar-refractivity contribution is 5.17. The van der Waals surface area contributed by atoms with E-state index in [0.29, 0.717) is 5.88 Å². The highest BCUT2D eigenvalue weighted by Crippen LogP contribution is 2.18. The molecule has 0 spiro atoms. The number of hydrogen-bond acceptors (Lipinski definition) is 6. The third kappa shape index (κ3) is 3.49. The molecule has 0 fully saturated rings. The van der Waals surface area contributed by atoms with Crippen LogP contribution in [0.15, 0.2) is 24.8 Å². The van der Waals surface area contributed by atoms with Crippen LogP contribution >= 0.6 is 0 Å². The average Bonchev–Trinajstić information content (AvgIpc) is 2.85. The van der Waals surface area contributed by atoms with E-state index < -0.39 is 0 Å². The maximum absolute atomic E-state index is 5.59. The maximum Gasteiger partial charge on any atom is 0.216 e. The van der Waals surface area contributed by atoms with Crippen molar-refractivity contribution < 1.29 is 4.74 Å². The Hall–Kier alpha value is -1.99. The van der Waals surface area contributed by atoms with Gasteiger partial charge >= 0.3 is 0 Å². The number of nitrogens with one attached hydrogen (secondary N) is 1. The van der Waals surface area contributed by atoms with E-state index in [1.165, 1.54) is 11.9 Å². The number of aromatic nitrogens is 4. The lowest BCUT2D eigenvalue weighted by molar-refractivity contribution is 0.393. The first-order valence-electron chi connectivity index (χ1n) is 6.02. The number of rotatable bonds is 6. The lowest BCUT2D eigenvalue weighted by Gasteiger charge is -2.15. The second kappa shape index (κ2) is 6.26. The quantitative estimate of drug-likeness (QED) is 0.577. The summed E-state index contributed by atoms with van der Waals surface area (Å²) in [6.07, 6.45) is 7.02. The number of hydrazine groups is 1. The third-order valence-electron chi connectivity index (χ3n) is 2.91. The summed E-state index contributed by atoms with van der Waals surface area (Å²) in [5, 5.41) is 4.14. The standard InChI is InChI=1S/C12H18N6O/c1-18-7-9(6-16-18)3-4-10(17-13)11-5-12(19-2)15-8-14-11/h5-8,10,17H,3-4,13H2,1-2H3. The summed E-state index contributed by atoms with van der Waals surface area (Å²) in [6, 6.07) is 1.74. The minimum atomic E-state index is -0.0443. The Morgan fingerprint density at radius 2 is 2.32 bits per heavy atom. The summed E-state index contributed by atoms with van der Waals surface area (Å²) in [7, 11) is 3.48. The summed E-state index contributed by atoms with van der Waals surface area (Å²) in [5.41, 5.74) is 4.76. The fraction of sp³-hybridized carbons (Fsp3) is 0.417. The highest BCUT2D eigenvalue weighted by atomic mass is 16.5. The molecule has 0 saturated carbocycles. The molecule has 0 aromatic carbocycles. The fourth-order valence-electron chi connectivity index (χ4n) is 1.88. The van der Waals surface area contributed by atoms with Gasteiger partial charge in [0, 0.05) is 19.3 Å². The second-order valence-corrected chi connectivity index (χ2v) is 4.27. The Balaban J connectivity index is 2.02. The van der Waals surface area contributed by atoms with Crippen molar-refractivity contribution in [2.45, 2.75) is 18.9 Å². The molecule has 2 aromatic rings.